The number of aliphatic hydroxyl groups is 1. The largest absolute Gasteiger partial charge is 0.461 e. The molecule has 1 saturated heterocycles. The highest BCUT2D eigenvalue weighted by Crippen LogP contribution is 2.36. The van der Waals surface area contributed by atoms with Crippen molar-refractivity contribution in [2.75, 3.05) is 13.7 Å². The quantitative estimate of drug-likeness (QED) is 0.356. The van der Waals surface area contributed by atoms with Gasteiger partial charge in [0.25, 0.3) is 5.91 Å². The zero-order valence-electron chi connectivity index (χ0n) is 19.2. The standard InChI is InChI=1S/C24H28BrNO8/c1-14-20(16-9-5-4-6-10-16)34-24(30)26(14)23(29)22(31-3)21(32-15(2)28)19-13-17(25)18(33-19)11-7-8-12-27/h4-6,9-10,13-14,20-22,27H,7-8,11-12H2,1-3H3/t14-,20-,21+,22-/m0/s1. The van der Waals surface area contributed by atoms with Gasteiger partial charge in [0.05, 0.1) is 10.5 Å². The van der Waals surface area contributed by atoms with Crippen LogP contribution in [0, 0.1) is 0 Å². The highest BCUT2D eigenvalue weighted by molar-refractivity contribution is 9.10. The molecule has 4 atom stereocenters. The van der Waals surface area contributed by atoms with E-state index in [1.165, 1.54) is 14.0 Å². The molecule has 184 valence electrons. The number of nitrogens with zero attached hydrogens (tertiary/aromatic N) is 1. The fourth-order valence-electron chi connectivity index (χ4n) is 3.92. The first-order valence-corrected chi connectivity index (χ1v) is 11.7. The predicted molar refractivity (Wildman–Crippen MR) is 124 cm³/mol. The number of benzene rings is 1. The van der Waals surface area contributed by atoms with Gasteiger partial charge >= 0.3 is 12.1 Å². The van der Waals surface area contributed by atoms with Crippen LogP contribution in [0.5, 0.6) is 0 Å². The third kappa shape index (κ3) is 5.68. The molecule has 0 radical (unpaired) electrons. The molecule has 0 spiro atoms. The molecule has 1 fully saturated rings. The number of unbranched alkanes of at least 4 members (excludes halogenated alkanes) is 1. The van der Waals surface area contributed by atoms with Gasteiger partial charge in [-0.15, -0.1) is 0 Å². The maximum Gasteiger partial charge on any atom is 0.417 e. The van der Waals surface area contributed by atoms with E-state index in [2.05, 4.69) is 15.9 Å². The number of hydrogen-bond acceptors (Lipinski definition) is 8. The highest BCUT2D eigenvalue weighted by Gasteiger charge is 2.48. The number of furan rings is 1. The Hall–Kier alpha value is -2.69. The molecule has 1 aliphatic rings. The number of esters is 1. The van der Waals surface area contributed by atoms with Crippen molar-refractivity contribution in [2.24, 2.45) is 0 Å². The smallest absolute Gasteiger partial charge is 0.417 e. The van der Waals surface area contributed by atoms with E-state index >= 15 is 0 Å². The number of aryl methyl sites for hydroxylation is 1. The topological polar surface area (TPSA) is 116 Å². The number of carbonyl (C=O) groups excluding carboxylic acids is 3. The van der Waals surface area contributed by atoms with Crippen molar-refractivity contribution in [2.45, 2.75) is 57.5 Å². The van der Waals surface area contributed by atoms with Gasteiger partial charge in [0.1, 0.15) is 17.6 Å². The van der Waals surface area contributed by atoms with Gasteiger partial charge < -0.3 is 23.7 Å². The van der Waals surface area contributed by atoms with Gasteiger partial charge in [0.15, 0.2) is 12.2 Å². The number of cyclic esters (lactones) is 1. The summed E-state index contributed by atoms with van der Waals surface area (Å²) in [4.78, 5) is 39.1. The number of ether oxygens (including phenoxy) is 3. The third-order valence-corrected chi connectivity index (χ3v) is 6.24. The lowest BCUT2D eigenvalue weighted by molar-refractivity contribution is -0.164. The van der Waals surface area contributed by atoms with E-state index in [1.807, 2.05) is 30.3 Å². The summed E-state index contributed by atoms with van der Waals surface area (Å²) in [6.07, 6.45) is -2.20. The average molecular weight is 538 g/mol. The minimum Gasteiger partial charge on any atom is -0.461 e. The van der Waals surface area contributed by atoms with Crippen LogP contribution in [-0.4, -0.2) is 53.8 Å². The van der Waals surface area contributed by atoms with E-state index in [0.717, 1.165) is 10.5 Å². The van der Waals surface area contributed by atoms with Crippen LogP contribution in [0.1, 0.15) is 56.0 Å². The molecule has 3 rings (SSSR count). The van der Waals surface area contributed by atoms with E-state index in [1.54, 1.807) is 13.0 Å². The second-order valence-electron chi connectivity index (χ2n) is 7.95. The maximum atomic E-state index is 13.5. The zero-order valence-corrected chi connectivity index (χ0v) is 20.8. The molecule has 34 heavy (non-hydrogen) atoms. The van der Waals surface area contributed by atoms with Gasteiger partial charge in [-0.2, -0.15) is 0 Å². The minimum absolute atomic E-state index is 0.0651. The van der Waals surface area contributed by atoms with E-state index in [0.29, 0.717) is 29.5 Å². The van der Waals surface area contributed by atoms with E-state index < -0.39 is 42.3 Å². The van der Waals surface area contributed by atoms with Crippen LogP contribution in [0.25, 0.3) is 0 Å². The molecule has 10 heteroatoms. The van der Waals surface area contributed by atoms with Crippen LogP contribution in [0.2, 0.25) is 0 Å². The number of imide groups is 1. The second-order valence-corrected chi connectivity index (χ2v) is 8.81. The molecule has 1 aliphatic heterocycles. The monoisotopic (exact) mass is 537 g/mol. The molecular formula is C24H28BrNO8. The summed E-state index contributed by atoms with van der Waals surface area (Å²) >= 11 is 3.42. The fourth-order valence-corrected chi connectivity index (χ4v) is 4.42. The fraction of sp³-hybridized carbons (Fsp3) is 0.458. The molecule has 1 N–H and O–H groups in total. The molecule has 0 unspecified atom stereocenters. The van der Waals surface area contributed by atoms with Gasteiger partial charge in [0, 0.05) is 27.1 Å². The number of rotatable bonds is 10. The summed E-state index contributed by atoms with van der Waals surface area (Å²) in [5.74, 6) is -0.574. The molecule has 2 heterocycles. The van der Waals surface area contributed by atoms with Crippen molar-refractivity contribution in [1.82, 2.24) is 4.90 Å². The SMILES string of the molecule is CO[C@H](C(=O)N1C(=O)O[C@H](c2ccccc2)[C@@H]1C)[C@H](OC(C)=O)c1cc(Br)c(CCCCO)o1. The van der Waals surface area contributed by atoms with Gasteiger partial charge in [-0.3, -0.25) is 9.59 Å². The number of methoxy groups -OCH3 is 1. The Morgan fingerprint density at radius 2 is 1.94 bits per heavy atom. The first-order chi connectivity index (χ1) is 16.3. The molecule has 2 amide bonds. The molecule has 1 aromatic carbocycles. The molecule has 0 aliphatic carbocycles. The first-order valence-electron chi connectivity index (χ1n) is 11.0. The lowest BCUT2D eigenvalue weighted by Gasteiger charge is -2.27. The van der Waals surface area contributed by atoms with Crippen molar-refractivity contribution in [3.05, 3.63) is 58.0 Å². The summed E-state index contributed by atoms with van der Waals surface area (Å²) in [5, 5.41) is 9.01. The van der Waals surface area contributed by atoms with Crippen LogP contribution in [0.15, 0.2) is 45.3 Å². The van der Waals surface area contributed by atoms with E-state index in [9.17, 15) is 14.4 Å². The summed E-state index contributed by atoms with van der Waals surface area (Å²) < 4.78 is 22.9. The van der Waals surface area contributed by atoms with Gasteiger partial charge in [-0.1, -0.05) is 30.3 Å². The van der Waals surface area contributed by atoms with Crippen molar-refractivity contribution >= 4 is 33.9 Å². The molecule has 9 nitrogen and oxygen atoms in total. The van der Waals surface area contributed by atoms with Gasteiger partial charge in [-0.05, 0) is 47.3 Å². The van der Waals surface area contributed by atoms with Crippen LogP contribution in [0.4, 0.5) is 4.79 Å². The number of amides is 2. The van der Waals surface area contributed by atoms with E-state index in [-0.39, 0.29) is 12.4 Å². The Morgan fingerprint density at radius 1 is 1.24 bits per heavy atom. The Labute approximate surface area is 206 Å². The van der Waals surface area contributed by atoms with Crippen molar-refractivity contribution < 1.29 is 38.1 Å². The molecule has 2 aromatic rings. The average Bonchev–Trinajstić information content (AvgIpc) is 3.32. The predicted octanol–water partition coefficient (Wildman–Crippen LogP) is 4.08. The maximum absolute atomic E-state index is 13.5. The number of halogens is 1. The summed E-state index contributed by atoms with van der Waals surface area (Å²) in [6.45, 7) is 2.98. The molecule has 0 saturated carbocycles. The Morgan fingerprint density at radius 3 is 2.56 bits per heavy atom. The molecule has 0 bridgehead atoms. The summed E-state index contributed by atoms with van der Waals surface area (Å²) in [6, 6.07) is 10.1. The Balaban J connectivity index is 1.87. The van der Waals surface area contributed by atoms with Crippen LogP contribution >= 0.6 is 15.9 Å². The highest BCUT2D eigenvalue weighted by atomic mass is 79.9. The van der Waals surface area contributed by atoms with Crippen LogP contribution < -0.4 is 0 Å². The summed E-state index contributed by atoms with van der Waals surface area (Å²) in [7, 11) is 1.29. The molecule has 1 aromatic heterocycles. The number of aliphatic hydroxyl groups excluding tert-OH is 1. The Kier molecular flexibility index (Phi) is 8.87. The zero-order chi connectivity index (χ0) is 24.8. The van der Waals surface area contributed by atoms with Crippen molar-refractivity contribution in [3.8, 4) is 0 Å². The summed E-state index contributed by atoms with van der Waals surface area (Å²) in [5.41, 5.74) is 0.756. The minimum atomic E-state index is -1.35. The Bertz CT molecular complexity index is 1010. The lowest BCUT2D eigenvalue weighted by atomic mass is 10.0. The molecular weight excluding hydrogens is 510 g/mol. The third-order valence-electron chi connectivity index (χ3n) is 5.57. The second kappa shape index (κ2) is 11.6. The first kappa shape index (κ1) is 25.9. The van der Waals surface area contributed by atoms with Gasteiger partial charge in [0.2, 0.25) is 0 Å². The lowest BCUT2D eigenvalue weighted by Crippen LogP contribution is -2.47. The van der Waals surface area contributed by atoms with Gasteiger partial charge in [-0.25, -0.2) is 9.69 Å². The van der Waals surface area contributed by atoms with Crippen LogP contribution in [0.3, 0.4) is 0 Å². The van der Waals surface area contributed by atoms with Crippen molar-refractivity contribution in [3.63, 3.8) is 0 Å². The number of hydrogen-bond donors (Lipinski definition) is 1. The van der Waals surface area contributed by atoms with E-state index in [4.69, 9.17) is 23.7 Å². The van der Waals surface area contributed by atoms with Crippen LogP contribution in [-0.2, 0) is 30.2 Å². The normalized spacial score (nSPS) is 19.6. The number of carbonyl (C=O) groups is 3. The van der Waals surface area contributed by atoms with Crippen molar-refractivity contribution in [1.29, 1.82) is 0 Å².